The van der Waals surface area contributed by atoms with E-state index in [1.807, 2.05) is 0 Å². The van der Waals surface area contributed by atoms with Gasteiger partial charge in [-0.2, -0.15) is 0 Å². The number of nitrogens with zero attached hydrogens (tertiary/aromatic N) is 5. The van der Waals surface area contributed by atoms with Gasteiger partial charge in [0.2, 0.25) is 0 Å². The number of hydrogen-bond acceptors (Lipinski definition) is 5. The number of hydrogen-bond donors (Lipinski definition) is 0. The van der Waals surface area contributed by atoms with E-state index in [-0.39, 0.29) is 5.56 Å². The van der Waals surface area contributed by atoms with Crippen molar-refractivity contribution in [1.82, 2.24) is 24.4 Å². The highest BCUT2D eigenvalue weighted by atomic mass is 16.1. The lowest BCUT2D eigenvalue weighted by atomic mass is 10.1. The maximum absolute atomic E-state index is 12.2. The molecule has 2 aromatic heterocycles. The average molecular weight is 259 g/mol. The predicted molar refractivity (Wildman–Crippen MR) is 71.9 cm³/mol. The highest BCUT2D eigenvalue weighted by Crippen LogP contribution is 2.18. The van der Waals surface area contributed by atoms with Crippen LogP contribution in [-0.4, -0.2) is 44.1 Å². The van der Waals surface area contributed by atoms with Crippen LogP contribution in [0.25, 0.3) is 11.2 Å². The van der Waals surface area contributed by atoms with E-state index in [9.17, 15) is 4.79 Å². The third-order valence-electron chi connectivity index (χ3n) is 3.84. The average Bonchev–Trinajstić information content (AvgIpc) is 2.84. The maximum atomic E-state index is 12.2. The summed E-state index contributed by atoms with van der Waals surface area (Å²) in [6, 6.07) is 0.574. The van der Waals surface area contributed by atoms with E-state index >= 15 is 0 Å². The highest BCUT2D eigenvalue weighted by Gasteiger charge is 2.20. The van der Waals surface area contributed by atoms with Crippen LogP contribution in [0, 0.1) is 0 Å². The first kappa shape index (κ1) is 12.2. The quantitative estimate of drug-likeness (QED) is 0.810. The van der Waals surface area contributed by atoms with Gasteiger partial charge in [0.15, 0.2) is 11.2 Å². The monoisotopic (exact) mass is 259 g/mol. The summed E-state index contributed by atoms with van der Waals surface area (Å²) in [5, 5.41) is 0. The van der Waals surface area contributed by atoms with Gasteiger partial charge >= 0.3 is 0 Å². The van der Waals surface area contributed by atoms with Gasteiger partial charge in [0.05, 0.1) is 0 Å². The molecule has 0 amide bonds. The Morgan fingerprint density at radius 3 is 2.95 bits per heavy atom. The molecule has 1 aliphatic rings. The summed E-state index contributed by atoms with van der Waals surface area (Å²) >= 11 is 0. The maximum Gasteiger partial charge on any atom is 0.281 e. The van der Waals surface area contributed by atoms with Crippen LogP contribution < -0.4 is 5.56 Å². The van der Waals surface area contributed by atoms with Gasteiger partial charge in [0, 0.05) is 25.0 Å². The van der Waals surface area contributed by atoms with Gasteiger partial charge in [-0.1, -0.05) is 0 Å². The summed E-state index contributed by atoms with van der Waals surface area (Å²) < 4.78 is 1.64. The van der Waals surface area contributed by atoms with E-state index in [4.69, 9.17) is 0 Å². The minimum Gasteiger partial charge on any atom is -0.303 e. The van der Waals surface area contributed by atoms with Crippen molar-refractivity contribution in [2.45, 2.75) is 31.8 Å². The molecule has 1 fully saturated rings. The number of aromatic nitrogens is 4. The van der Waals surface area contributed by atoms with Crippen LogP contribution in [0.3, 0.4) is 0 Å². The van der Waals surface area contributed by atoms with Crippen molar-refractivity contribution in [3.63, 3.8) is 0 Å². The van der Waals surface area contributed by atoms with E-state index < -0.39 is 0 Å². The highest BCUT2D eigenvalue weighted by molar-refractivity contribution is 5.66. The normalized spacial score (nSPS) is 20.2. The third-order valence-corrected chi connectivity index (χ3v) is 3.84. The Labute approximate surface area is 111 Å². The molecule has 100 valence electrons. The summed E-state index contributed by atoms with van der Waals surface area (Å²) in [5.74, 6) is 0. The number of fused-ring (bicyclic) bond motifs is 1. The Bertz CT molecular complexity index is 638. The standard InChI is InChI=1S/C13H17N5O/c1-17-7-2-3-10(17)4-8-18-9-16-12-11(13(18)19)14-5-6-15-12/h5-6,9-10H,2-4,7-8H2,1H3/t10-/m0/s1. The van der Waals surface area contributed by atoms with Crippen LogP contribution in [0.2, 0.25) is 0 Å². The zero-order valence-corrected chi connectivity index (χ0v) is 11.0. The molecular weight excluding hydrogens is 242 g/mol. The first-order chi connectivity index (χ1) is 9.25. The molecule has 0 unspecified atom stereocenters. The van der Waals surface area contributed by atoms with E-state index in [1.165, 1.54) is 19.0 Å². The zero-order chi connectivity index (χ0) is 13.2. The van der Waals surface area contributed by atoms with Crippen LogP contribution >= 0.6 is 0 Å². The number of aryl methyl sites for hydroxylation is 1. The van der Waals surface area contributed by atoms with Crippen LogP contribution in [0.1, 0.15) is 19.3 Å². The molecule has 19 heavy (non-hydrogen) atoms. The molecule has 3 heterocycles. The predicted octanol–water partition coefficient (Wildman–Crippen LogP) is 0.671. The Kier molecular flexibility index (Phi) is 3.25. The minimum atomic E-state index is -0.0984. The van der Waals surface area contributed by atoms with Crippen LogP contribution in [-0.2, 0) is 6.54 Å². The Morgan fingerprint density at radius 2 is 2.16 bits per heavy atom. The molecule has 2 aromatic rings. The van der Waals surface area contributed by atoms with Gasteiger partial charge in [-0.3, -0.25) is 9.36 Å². The minimum absolute atomic E-state index is 0.0984. The van der Waals surface area contributed by atoms with Crippen molar-refractivity contribution in [2.75, 3.05) is 13.6 Å². The lowest BCUT2D eigenvalue weighted by molar-refractivity contribution is 0.285. The van der Waals surface area contributed by atoms with Crippen molar-refractivity contribution >= 4 is 11.2 Å². The van der Waals surface area contributed by atoms with E-state index in [2.05, 4.69) is 26.9 Å². The molecular formula is C13H17N5O. The summed E-state index contributed by atoms with van der Waals surface area (Å²) in [6.07, 6.45) is 8.09. The molecule has 0 bridgehead atoms. The first-order valence-electron chi connectivity index (χ1n) is 6.62. The lowest BCUT2D eigenvalue weighted by Crippen LogP contribution is -2.29. The van der Waals surface area contributed by atoms with Crippen molar-refractivity contribution in [1.29, 1.82) is 0 Å². The molecule has 0 N–H and O–H groups in total. The molecule has 0 spiro atoms. The summed E-state index contributed by atoms with van der Waals surface area (Å²) in [6.45, 7) is 1.84. The molecule has 0 radical (unpaired) electrons. The Balaban J connectivity index is 1.81. The Morgan fingerprint density at radius 1 is 1.32 bits per heavy atom. The van der Waals surface area contributed by atoms with Crippen molar-refractivity contribution in [3.05, 3.63) is 29.1 Å². The van der Waals surface area contributed by atoms with E-state index in [0.29, 0.717) is 23.8 Å². The number of likely N-dealkylation sites (tertiary alicyclic amines) is 1. The SMILES string of the molecule is CN1CCC[C@H]1CCn1cnc2nccnc2c1=O. The van der Waals surface area contributed by atoms with Crippen LogP contribution in [0.4, 0.5) is 0 Å². The van der Waals surface area contributed by atoms with Crippen LogP contribution in [0.15, 0.2) is 23.5 Å². The van der Waals surface area contributed by atoms with Crippen LogP contribution in [0.5, 0.6) is 0 Å². The molecule has 1 saturated heterocycles. The molecule has 1 atom stereocenters. The fraction of sp³-hybridized carbons (Fsp3) is 0.538. The third kappa shape index (κ3) is 2.35. The second kappa shape index (κ2) is 5.05. The van der Waals surface area contributed by atoms with Gasteiger partial charge < -0.3 is 4.90 Å². The first-order valence-corrected chi connectivity index (χ1v) is 6.62. The Hall–Kier alpha value is -1.82. The van der Waals surface area contributed by atoms with Gasteiger partial charge in [-0.15, -0.1) is 0 Å². The summed E-state index contributed by atoms with van der Waals surface area (Å²) in [4.78, 5) is 26.9. The smallest absolute Gasteiger partial charge is 0.281 e. The molecule has 0 saturated carbocycles. The second-order valence-electron chi connectivity index (χ2n) is 5.04. The van der Waals surface area contributed by atoms with Crippen molar-refractivity contribution in [2.24, 2.45) is 0 Å². The number of rotatable bonds is 3. The topological polar surface area (TPSA) is 63.9 Å². The molecule has 6 nitrogen and oxygen atoms in total. The van der Waals surface area contributed by atoms with E-state index in [0.717, 1.165) is 13.0 Å². The fourth-order valence-corrected chi connectivity index (χ4v) is 2.68. The van der Waals surface area contributed by atoms with Gasteiger partial charge in [0.25, 0.3) is 5.56 Å². The molecule has 1 aliphatic heterocycles. The van der Waals surface area contributed by atoms with Crippen molar-refractivity contribution < 1.29 is 0 Å². The van der Waals surface area contributed by atoms with E-state index in [1.54, 1.807) is 17.1 Å². The van der Waals surface area contributed by atoms with Gasteiger partial charge in [0.1, 0.15) is 6.33 Å². The zero-order valence-electron chi connectivity index (χ0n) is 11.0. The van der Waals surface area contributed by atoms with Gasteiger partial charge in [-0.25, -0.2) is 15.0 Å². The van der Waals surface area contributed by atoms with Crippen molar-refractivity contribution in [3.8, 4) is 0 Å². The molecule has 0 aliphatic carbocycles. The fourth-order valence-electron chi connectivity index (χ4n) is 2.68. The summed E-state index contributed by atoms with van der Waals surface area (Å²) in [7, 11) is 2.14. The second-order valence-corrected chi connectivity index (χ2v) is 5.04. The molecule has 6 heteroatoms. The molecule has 0 aromatic carbocycles. The lowest BCUT2D eigenvalue weighted by Gasteiger charge is -2.19. The molecule has 3 rings (SSSR count). The largest absolute Gasteiger partial charge is 0.303 e. The van der Waals surface area contributed by atoms with Gasteiger partial charge in [-0.05, 0) is 32.9 Å². The summed E-state index contributed by atoms with van der Waals surface area (Å²) in [5.41, 5.74) is 0.672.